The summed E-state index contributed by atoms with van der Waals surface area (Å²) in [5.41, 5.74) is 1.76. The Morgan fingerprint density at radius 3 is 2.40 bits per heavy atom. The number of fused-ring (bicyclic) bond motifs is 1. The van der Waals surface area contributed by atoms with Gasteiger partial charge in [0.05, 0.1) is 18.3 Å². The SMILES string of the molecule is CC.CC.CCOc1cc2cc(Nc3nc(N4CCCC(C)C4)ncc3Cl)ccc2n(C2CCCCC2)c1=O.CNC=O. The van der Waals surface area contributed by atoms with Gasteiger partial charge in [0, 0.05) is 37.3 Å². The van der Waals surface area contributed by atoms with Gasteiger partial charge in [0.2, 0.25) is 12.4 Å². The zero-order chi connectivity index (χ0) is 31.8. The van der Waals surface area contributed by atoms with Gasteiger partial charge in [0.1, 0.15) is 5.02 Å². The molecule has 1 aliphatic carbocycles. The smallest absolute Gasteiger partial charge is 0.293 e. The number of pyridine rings is 1. The van der Waals surface area contributed by atoms with Crippen LogP contribution in [0.3, 0.4) is 0 Å². The molecule has 1 aromatic carbocycles. The van der Waals surface area contributed by atoms with E-state index in [1.165, 1.54) is 12.8 Å². The number of aromatic nitrogens is 3. The lowest BCUT2D eigenvalue weighted by atomic mass is 9.94. The second-order valence-electron chi connectivity index (χ2n) is 10.3. The number of benzene rings is 1. The molecule has 1 saturated carbocycles. The fourth-order valence-corrected chi connectivity index (χ4v) is 5.60. The number of anilines is 3. The minimum Gasteiger partial charge on any atom is -0.488 e. The van der Waals surface area contributed by atoms with Crippen molar-refractivity contribution < 1.29 is 9.53 Å². The van der Waals surface area contributed by atoms with Crippen molar-refractivity contribution in [3.8, 4) is 5.75 Å². The molecule has 3 aromatic rings. The fraction of sp³-hybridized carbons (Fsp3) is 0.576. The van der Waals surface area contributed by atoms with Crippen LogP contribution in [-0.4, -0.2) is 47.7 Å². The van der Waals surface area contributed by atoms with Gasteiger partial charge in [-0.25, -0.2) is 4.98 Å². The lowest BCUT2D eigenvalue weighted by Gasteiger charge is -2.31. The monoisotopic (exact) mass is 614 g/mol. The van der Waals surface area contributed by atoms with E-state index in [2.05, 4.69) is 27.4 Å². The fourth-order valence-electron chi connectivity index (χ4n) is 5.46. The Bertz CT molecular complexity index is 1330. The summed E-state index contributed by atoms with van der Waals surface area (Å²) in [6.45, 7) is 14.5. The molecule has 1 aliphatic heterocycles. The molecule has 2 fully saturated rings. The van der Waals surface area contributed by atoms with Gasteiger partial charge in [-0.05, 0) is 62.8 Å². The van der Waals surface area contributed by atoms with E-state index in [4.69, 9.17) is 26.1 Å². The third-order valence-electron chi connectivity index (χ3n) is 7.29. The summed E-state index contributed by atoms with van der Waals surface area (Å²) in [4.78, 5) is 33.8. The molecule has 1 unspecified atom stereocenters. The Balaban J connectivity index is 0.000000733. The molecule has 0 spiro atoms. The number of hydrogen-bond donors (Lipinski definition) is 2. The molecule has 1 amide bonds. The molecule has 1 atom stereocenters. The first-order valence-corrected chi connectivity index (χ1v) is 16.3. The van der Waals surface area contributed by atoms with Crippen LogP contribution >= 0.6 is 11.6 Å². The minimum absolute atomic E-state index is 0.0359. The van der Waals surface area contributed by atoms with Crippen molar-refractivity contribution in [3.63, 3.8) is 0 Å². The molecule has 238 valence electrons. The summed E-state index contributed by atoms with van der Waals surface area (Å²) in [6.07, 6.45) is 10.3. The van der Waals surface area contributed by atoms with Crippen molar-refractivity contribution in [1.82, 2.24) is 19.9 Å². The predicted molar refractivity (Wildman–Crippen MR) is 180 cm³/mol. The zero-order valence-electron chi connectivity index (χ0n) is 27.1. The number of nitrogens with one attached hydrogen (secondary N) is 2. The first kappa shape index (κ1) is 35.9. The highest BCUT2D eigenvalue weighted by Gasteiger charge is 2.22. The van der Waals surface area contributed by atoms with E-state index < -0.39 is 0 Å². The number of halogens is 1. The topological polar surface area (TPSA) is 101 Å². The van der Waals surface area contributed by atoms with Gasteiger partial charge in [0.25, 0.3) is 5.56 Å². The number of nitrogens with zero attached hydrogens (tertiary/aromatic N) is 4. The van der Waals surface area contributed by atoms with E-state index >= 15 is 0 Å². The van der Waals surface area contributed by atoms with Crippen LogP contribution in [0, 0.1) is 5.92 Å². The van der Waals surface area contributed by atoms with Gasteiger partial charge in [-0.1, -0.05) is 65.5 Å². The number of amides is 1. The van der Waals surface area contributed by atoms with Crippen LogP contribution in [0.1, 0.15) is 92.5 Å². The Morgan fingerprint density at radius 1 is 1.07 bits per heavy atom. The van der Waals surface area contributed by atoms with Crippen molar-refractivity contribution in [2.75, 3.05) is 37.0 Å². The van der Waals surface area contributed by atoms with Crippen molar-refractivity contribution in [1.29, 1.82) is 0 Å². The maximum atomic E-state index is 13.3. The molecule has 5 rings (SSSR count). The van der Waals surface area contributed by atoms with E-state index in [1.807, 2.05) is 63.5 Å². The third kappa shape index (κ3) is 9.85. The van der Waals surface area contributed by atoms with Gasteiger partial charge >= 0.3 is 0 Å². The molecule has 2 aliphatic rings. The predicted octanol–water partition coefficient (Wildman–Crippen LogP) is 7.74. The lowest BCUT2D eigenvalue weighted by Crippen LogP contribution is -2.35. The van der Waals surface area contributed by atoms with Crippen LogP contribution < -0.4 is 25.8 Å². The van der Waals surface area contributed by atoms with Crippen LogP contribution in [0.15, 0.2) is 35.3 Å². The van der Waals surface area contributed by atoms with Gasteiger partial charge in [-0.15, -0.1) is 0 Å². The first-order chi connectivity index (χ1) is 20.9. The average Bonchev–Trinajstić information content (AvgIpc) is 3.05. The molecule has 43 heavy (non-hydrogen) atoms. The Labute approximate surface area is 262 Å². The Kier molecular flexibility index (Phi) is 15.9. The number of piperidine rings is 1. The van der Waals surface area contributed by atoms with Gasteiger partial charge in [-0.3, -0.25) is 9.59 Å². The van der Waals surface area contributed by atoms with E-state index in [1.54, 1.807) is 13.2 Å². The summed E-state index contributed by atoms with van der Waals surface area (Å²) in [6, 6.07) is 8.11. The normalized spacial score (nSPS) is 16.4. The second-order valence-corrected chi connectivity index (χ2v) is 10.7. The van der Waals surface area contributed by atoms with Crippen LogP contribution in [0.4, 0.5) is 17.5 Å². The largest absolute Gasteiger partial charge is 0.488 e. The van der Waals surface area contributed by atoms with Crippen LogP contribution in [0.25, 0.3) is 10.9 Å². The first-order valence-electron chi connectivity index (χ1n) is 15.9. The summed E-state index contributed by atoms with van der Waals surface area (Å²) in [5, 5.41) is 7.06. The molecule has 0 radical (unpaired) electrons. The summed E-state index contributed by atoms with van der Waals surface area (Å²) >= 11 is 6.47. The van der Waals surface area contributed by atoms with E-state index in [0.717, 1.165) is 61.8 Å². The molecule has 0 bridgehead atoms. The van der Waals surface area contributed by atoms with Crippen LogP contribution in [0.5, 0.6) is 5.75 Å². The minimum atomic E-state index is -0.0359. The van der Waals surface area contributed by atoms with Crippen LogP contribution in [0.2, 0.25) is 5.02 Å². The van der Waals surface area contributed by atoms with Crippen LogP contribution in [-0.2, 0) is 4.79 Å². The maximum absolute atomic E-state index is 13.3. The van der Waals surface area contributed by atoms with E-state index in [9.17, 15) is 4.79 Å². The van der Waals surface area contributed by atoms with Gasteiger partial charge in [-0.2, -0.15) is 4.98 Å². The quantitative estimate of drug-likeness (QED) is 0.262. The molecule has 1 saturated heterocycles. The molecule has 10 heteroatoms. The Morgan fingerprint density at radius 2 is 1.77 bits per heavy atom. The average molecular weight is 615 g/mol. The van der Waals surface area contributed by atoms with Crippen molar-refractivity contribution >= 4 is 46.4 Å². The molecule has 2 aromatic heterocycles. The third-order valence-corrected chi connectivity index (χ3v) is 7.57. The van der Waals surface area contributed by atoms with E-state index in [-0.39, 0.29) is 11.6 Å². The number of carbonyl (C=O) groups is 1. The number of hydrogen-bond acceptors (Lipinski definition) is 7. The molecule has 2 N–H and O–H groups in total. The van der Waals surface area contributed by atoms with Crippen molar-refractivity contribution in [2.24, 2.45) is 5.92 Å². The van der Waals surface area contributed by atoms with Crippen molar-refractivity contribution in [3.05, 3.63) is 45.8 Å². The summed E-state index contributed by atoms with van der Waals surface area (Å²) in [7, 11) is 1.56. The molecular formula is C33H51ClN6O3. The maximum Gasteiger partial charge on any atom is 0.293 e. The zero-order valence-corrected chi connectivity index (χ0v) is 27.8. The molecule has 3 heterocycles. The number of carbonyl (C=O) groups excluding carboxylic acids is 1. The van der Waals surface area contributed by atoms with Crippen molar-refractivity contribution in [2.45, 2.75) is 92.5 Å². The second kappa shape index (κ2) is 19.1. The molecular weight excluding hydrogens is 564 g/mol. The highest BCUT2D eigenvalue weighted by atomic mass is 35.5. The van der Waals surface area contributed by atoms with Gasteiger partial charge in [0.15, 0.2) is 11.6 Å². The number of ether oxygens (including phenoxy) is 1. The number of rotatable bonds is 7. The van der Waals surface area contributed by atoms with Gasteiger partial charge < -0.3 is 24.8 Å². The summed E-state index contributed by atoms with van der Waals surface area (Å²) in [5.74, 6) is 2.32. The lowest BCUT2D eigenvalue weighted by molar-refractivity contribution is -0.109. The van der Waals surface area contributed by atoms with E-state index in [0.29, 0.717) is 41.5 Å². The highest BCUT2D eigenvalue weighted by Crippen LogP contribution is 2.33. The molecule has 9 nitrogen and oxygen atoms in total. The summed E-state index contributed by atoms with van der Waals surface area (Å²) < 4.78 is 7.70. The highest BCUT2D eigenvalue weighted by molar-refractivity contribution is 6.32. The standard InChI is InChI=1S/C27H34ClN5O2.C2H5NO.2C2H6/c1-3-35-24-15-19-14-20(11-12-23(19)33(26(24)34)21-9-5-4-6-10-21)30-25-22(28)16-29-27(31-25)32-13-7-8-18(2)17-32;1-3-2-4;2*1-2/h11-12,14-16,18,21H,3-10,13,17H2,1-2H3,(H,29,30,31);2H,1H3,(H,3,4);2*1-2H3. The Hall–Kier alpha value is -3.33.